The Kier molecular flexibility index (Phi) is 6.85. The summed E-state index contributed by atoms with van der Waals surface area (Å²) in [7, 11) is 0. The van der Waals surface area contributed by atoms with Crippen molar-refractivity contribution in [2.45, 2.75) is 58.8 Å². The minimum Gasteiger partial charge on any atom is -0.356 e. The van der Waals surface area contributed by atoms with Gasteiger partial charge in [-0.1, -0.05) is 17.7 Å². The van der Waals surface area contributed by atoms with Crippen molar-refractivity contribution in [1.82, 2.24) is 20.0 Å². The lowest BCUT2D eigenvalue weighted by atomic mass is 9.97. The Morgan fingerprint density at radius 3 is 2.82 bits per heavy atom. The zero-order valence-corrected chi connectivity index (χ0v) is 16.9. The molecule has 2 amide bonds. The van der Waals surface area contributed by atoms with Crippen molar-refractivity contribution in [3.05, 3.63) is 46.9 Å². The van der Waals surface area contributed by atoms with Gasteiger partial charge in [-0.05, 0) is 64.0 Å². The molecule has 150 valence electrons. The van der Waals surface area contributed by atoms with E-state index in [1.54, 1.807) is 0 Å². The highest BCUT2D eigenvalue weighted by Crippen LogP contribution is 2.19. The molecule has 0 saturated heterocycles. The number of fused-ring (bicyclic) bond motifs is 1. The first kappa shape index (κ1) is 20.1. The quantitative estimate of drug-likeness (QED) is 0.542. The first-order valence-electron chi connectivity index (χ1n) is 10.2. The zero-order valence-electron chi connectivity index (χ0n) is 16.9. The Balaban J connectivity index is 1.40. The summed E-state index contributed by atoms with van der Waals surface area (Å²) in [5, 5.41) is 5.89. The molecule has 3 rings (SSSR count). The van der Waals surface area contributed by atoms with Crippen molar-refractivity contribution in [1.29, 1.82) is 0 Å². The van der Waals surface area contributed by atoms with E-state index >= 15 is 0 Å². The molecule has 6 nitrogen and oxygen atoms in total. The third-order valence-corrected chi connectivity index (χ3v) is 5.25. The minimum atomic E-state index is -0.153. The third kappa shape index (κ3) is 5.00. The first-order chi connectivity index (χ1) is 13.6. The minimum absolute atomic E-state index is 0.0484. The average Bonchev–Trinajstić information content (AvgIpc) is 3.03. The second kappa shape index (κ2) is 9.53. The van der Waals surface area contributed by atoms with E-state index in [1.807, 2.05) is 36.6 Å². The molecule has 2 N–H and O–H groups in total. The van der Waals surface area contributed by atoms with Crippen LogP contribution in [0.25, 0.3) is 5.65 Å². The number of hydrogen-bond acceptors (Lipinski definition) is 3. The Morgan fingerprint density at radius 2 is 2.04 bits per heavy atom. The Bertz CT molecular complexity index is 882. The van der Waals surface area contributed by atoms with Gasteiger partial charge in [-0.3, -0.25) is 14.0 Å². The largest absolute Gasteiger partial charge is 0.356 e. The number of carbonyl (C=O) groups excluding carboxylic acids is 2. The normalized spacial score (nSPS) is 14.0. The predicted octanol–water partition coefficient (Wildman–Crippen LogP) is 3.47. The first-order valence-corrected chi connectivity index (χ1v) is 10.2. The molecule has 1 aliphatic rings. The van der Waals surface area contributed by atoms with Gasteiger partial charge in [0.2, 0.25) is 5.91 Å². The molecule has 2 aromatic rings. The number of imidazole rings is 1. The van der Waals surface area contributed by atoms with Gasteiger partial charge in [0.05, 0.1) is 5.69 Å². The van der Waals surface area contributed by atoms with Gasteiger partial charge < -0.3 is 10.6 Å². The van der Waals surface area contributed by atoms with E-state index < -0.39 is 0 Å². The number of aromatic nitrogens is 2. The van der Waals surface area contributed by atoms with Crippen LogP contribution in [0.2, 0.25) is 0 Å². The Hall–Kier alpha value is -2.63. The summed E-state index contributed by atoms with van der Waals surface area (Å²) in [6.07, 6.45) is 11.1. The maximum absolute atomic E-state index is 12.6. The fourth-order valence-corrected chi connectivity index (χ4v) is 3.71. The monoisotopic (exact) mass is 382 g/mol. The lowest BCUT2D eigenvalue weighted by molar-refractivity contribution is -0.121. The number of pyridine rings is 1. The van der Waals surface area contributed by atoms with E-state index in [9.17, 15) is 9.59 Å². The number of carbonyl (C=O) groups is 2. The van der Waals surface area contributed by atoms with Crippen molar-refractivity contribution in [3.63, 3.8) is 0 Å². The molecule has 6 heteroatoms. The van der Waals surface area contributed by atoms with Crippen molar-refractivity contribution in [3.8, 4) is 0 Å². The van der Waals surface area contributed by atoms with Crippen molar-refractivity contribution >= 4 is 17.5 Å². The van der Waals surface area contributed by atoms with Gasteiger partial charge >= 0.3 is 0 Å². The van der Waals surface area contributed by atoms with Gasteiger partial charge in [-0.25, -0.2) is 4.98 Å². The summed E-state index contributed by atoms with van der Waals surface area (Å²) >= 11 is 0. The molecule has 0 unspecified atom stereocenters. The van der Waals surface area contributed by atoms with Crippen LogP contribution in [0.3, 0.4) is 0 Å². The molecule has 0 spiro atoms. The summed E-state index contributed by atoms with van der Waals surface area (Å²) in [5.41, 5.74) is 4.57. The maximum Gasteiger partial charge on any atom is 0.270 e. The molecule has 0 fully saturated rings. The van der Waals surface area contributed by atoms with Crippen LogP contribution in [0.15, 0.2) is 30.0 Å². The van der Waals surface area contributed by atoms with Crippen LogP contribution in [-0.2, 0) is 4.79 Å². The molecule has 0 atom stereocenters. The fourth-order valence-electron chi connectivity index (χ4n) is 3.71. The summed E-state index contributed by atoms with van der Waals surface area (Å²) < 4.78 is 1.83. The number of hydrogen-bond donors (Lipinski definition) is 2. The van der Waals surface area contributed by atoms with Gasteiger partial charge in [-0.2, -0.15) is 0 Å². The van der Waals surface area contributed by atoms with Gasteiger partial charge in [0, 0.05) is 25.7 Å². The van der Waals surface area contributed by atoms with Crippen LogP contribution in [0.4, 0.5) is 0 Å². The fraction of sp³-hybridized carbons (Fsp3) is 0.500. The van der Waals surface area contributed by atoms with Crippen molar-refractivity contribution in [2.24, 2.45) is 0 Å². The lowest BCUT2D eigenvalue weighted by Crippen LogP contribution is -2.29. The number of rotatable bonds is 8. The molecule has 2 heterocycles. The maximum atomic E-state index is 12.6. The molecule has 28 heavy (non-hydrogen) atoms. The van der Waals surface area contributed by atoms with E-state index in [0.717, 1.165) is 17.6 Å². The van der Waals surface area contributed by atoms with Crippen LogP contribution in [0, 0.1) is 13.8 Å². The van der Waals surface area contributed by atoms with Crippen LogP contribution >= 0.6 is 0 Å². The van der Waals surface area contributed by atoms with E-state index in [2.05, 4.69) is 21.7 Å². The van der Waals surface area contributed by atoms with E-state index in [4.69, 9.17) is 0 Å². The van der Waals surface area contributed by atoms with E-state index in [0.29, 0.717) is 37.3 Å². The smallest absolute Gasteiger partial charge is 0.270 e. The molecule has 0 bridgehead atoms. The molecule has 0 saturated carbocycles. The number of nitrogens with one attached hydrogen (secondary N) is 2. The lowest BCUT2D eigenvalue weighted by Gasteiger charge is -2.13. The number of allylic oxidation sites excluding steroid dienone is 1. The van der Waals surface area contributed by atoms with Gasteiger partial charge in [-0.15, -0.1) is 0 Å². The van der Waals surface area contributed by atoms with Crippen LogP contribution in [-0.4, -0.2) is 34.3 Å². The van der Waals surface area contributed by atoms with E-state index in [-0.39, 0.29) is 11.8 Å². The highest BCUT2D eigenvalue weighted by molar-refractivity contribution is 5.94. The van der Waals surface area contributed by atoms with Gasteiger partial charge in [0.15, 0.2) is 0 Å². The Labute approximate surface area is 166 Å². The zero-order chi connectivity index (χ0) is 19.9. The molecular formula is C22H30N4O2. The molecule has 0 aliphatic heterocycles. The highest BCUT2D eigenvalue weighted by Gasteiger charge is 2.17. The molecule has 1 aliphatic carbocycles. The van der Waals surface area contributed by atoms with Gasteiger partial charge in [0.25, 0.3) is 5.91 Å². The van der Waals surface area contributed by atoms with Crippen molar-refractivity contribution < 1.29 is 9.59 Å². The number of amides is 2. The summed E-state index contributed by atoms with van der Waals surface area (Å²) in [6.45, 7) is 5.00. The van der Waals surface area contributed by atoms with Crippen LogP contribution in [0.5, 0.6) is 0 Å². The highest BCUT2D eigenvalue weighted by atomic mass is 16.2. The number of aryl methyl sites for hydroxylation is 2. The summed E-state index contributed by atoms with van der Waals surface area (Å²) in [4.78, 5) is 29.0. The molecule has 2 aromatic heterocycles. The van der Waals surface area contributed by atoms with Crippen LogP contribution < -0.4 is 10.6 Å². The second-order valence-electron chi connectivity index (χ2n) is 7.50. The molecule has 0 aromatic carbocycles. The number of nitrogens with zero attached hydrogens (tertiary/aromatic N) is 2. The third-order valence-electron chi connectivity index (χ3n) is 5.25. The van der Waals surface area contributed by atoms with Crippen LogP contribution in [0.1, 0.15) is 66.7 Å². The SMILES string of the molecule is Cc1nc2c(C)cccn2c1C(=O)NCCCC(=O)NCCC1=CCCCC1. The summed E-state index contributed by atoms with van der Waals surface area (Å²) in [6, 6.07) is 3.89. The second-order valence-corrected chi connectivity index (χ2v) is 7.50. The Morgan fingerprint density at radius 1 is 1.18 bits per heavy atom. The van der Waals surface area contributed by atoms with E-state index in [1.165, 1.54) is 31.3 Å². The standard InChI is InChI=1S/C22H30N4O2/c1-16-8-7-15-26-20(17(2)25-21(16)26)22(28)24-13-6-11-19(27)23-14-12-18-9-4-3-5-10-18/h7-9,15H,3-6,10-14H2,1-2H3,(H,23,27)(H,24,28). The predicted molar refractivity (Wildman–Crippen MR) is 110 cm³/mol. The average molecular weight is 383 g/mol. The van der Waals surface area contributed by atoms with Gasteiger partial charge in [0.1, 0.15) is 11.3 Å². The summed E-state index contributed by atoms with van der Waals surface area (Å²) in [5.74, 6) is -0.104. The topological polar surface area (TPSA) is 75.5 Å². The molecule has 0 radical (unpaired) electrons. The molecular weight excluding hydrogens is 352 g/mol. The van der Waals surface area contributed by atoms with Crippen molar-refractivity contribution in [2.75, 3.05) is 13.1 Å².